The van der Waals surface area contributed by atoms with Gasteiger partial charge in [0.2, 0.25) is 0 Å². The van der Waals surface area contributed by atoms with Gasteiger partial charge in [0.1, 0.15) is 0 Å². The topological polar surface area (TPSA) is 82.7 Å². The highest BCUT2D eigenvalue weighted by molar-refractivity contribution is 5.95. The van der Waals surface area contributed by atoms with Crippen LogP contribution in [0.25, 0.3) is 0 Å². The summed E-state index contributed by atoms with van der Waals surface area (Å²) in [5.41, 5.74) is 2.47. The quantitative estimate of drug-likeness (QED) is 0.671. The van der Waals surface area contributed by atoms with E-state index in [9.17, 15) is 9.59 Å². The standard InChI is InChI=1S/C22H28N4O3/c1-2-23-21(27)18-8-10-19(11-9-18)25-22(28)24-14-20-16-26(12-13-29-20)15-17-6-4-3-5-7-17/h3-11,20H,2,12-16H2,1H3,(H,23,27)(H2,24,25,28). The molecule has 0 aromatic heterocycles. The number of urea groups is 1. The highest BCUT2D eigenvalue weighted by Crippen LogP contribution is 2.11. The fraction of sp³-hybridized carbons (Fsp3) is 0.364. The third kappa shape index (κ3) is 6.58. The molecule has 3 rings (SSSR count). The molecule has 1 aliphatic heterocycles. The molecule has 0 aliphatic carbocycles. The van der Waals surface area contributed by atoms with Crippen molar-refractivity contribution in [1.82, 2.24) is 15.5 Å². The van der Waals surface area contributed by atoms with Crippen LogP contribution in [0.1, 0.15) is 22.8 Å². The summed E-state index contributed by atoms with van der Waals surface area (Å²) in [7, 11) is 0. The van der Waals surface area contributed by atoms with Gasteiger partial charge in [-0.25, -0.2) is 4.79 Å². The zero-order valence-corrected chi connectivity index (χ0v) is 16.7. The van der Waals surface area contributed by atoms with Crippen LogP contribution < -0.4 is 16.0 Å². The summed E-state index contributed by atoms with van der Waals surface area (Å²) < 4.78 is 5.78. The van der Waals surface area contributed by atoms with Gasteiger partial charge in [-0.3, -0.25) is 9.69 Å². The third-order valence-corrected chi connectivity index (χ3v) is 4.70. The minimum absolute atomic E-state index is 0.0432. The molecule has 2 aromatic carbocycles. The summed E-state index contributed by atoms with van der Waals surface area (Å²) in [6.45, 7) is 6.08. The third-order valence-electron chi connectivity index (χ3n) is 4.70. The van der Waals surface area contributed by atoms with Crippen LogP contribution in [0.15, 0.2) is 54.6 Å². The second kappa shape index (κ2) is 10.6. The molecular weight excluding hydrogens is 368 g/mol. The van der Waals surface area contributed by atoms with Gasteiger partial charge in [0.25, 0.3) is 5.91 Å². The molecule has 1 heterocycles. The minimum atomic E-state index is -0.292. The van der Waals surface area contributed by atoms with E-state index in [1.54, 1.807) is 24.3 Å². The maximum absolute atomic E-state index is 12.2. The Kier molecular flexibility index (Phi) is 7.61. The number of hydrogen-bond donors (Lipinski definition) is 3. The van der Waals surface area contributed by atoms with Gasteiger partial charge in [-0.05, 0) is 36.8 Å². The molecule has 1 saturated heterocycles. The second-order valence-electron chi connectivity index (χ2n) is 6.99. The first-order valence-corrected chi connectivity index (χ1v) is 9.95. The SMILES string of the molecule is CCNC(=O)c1ccc(NC(=O)NCC2CN(Cc3ccccc3)CCO2)cc1. The van der Waals surface area contributed by atoms with Gasteiger partial charge in [0.05, 0.1) is 12.7 Å². The average Bonchev–Trinajstić information content (AvgIpc) is 2.74. The molecule has 7 nitrogen and oxygen atoms in total. The van der Waals surface area contributed by atoms with Crippen LogP contribution >= 0.6 is 0 Å². The number of rotatable bonds is 7. The molecular formula is C22H28N4O3. The second-order valence-corrected chi connectivity index (χ2v) is 6.99. The van der Waals surface area contributed by atoms with Crippen molar-refractivity contribution in [3.8, 4) is 0 Å². The highest BCUT2D eigenvalue weighted by atomic mass is 16.5. The van der Waals surface area contributed by atoms with E-state index in [0.717, 1.165) is 19.6 Å². The molecule has 1 fully saturated rings. The largest absolute Gasteiger partial charge is 0.374 e. The number of carbonyl (C=O) groups excluding carboxylic acids is 2. The number of benzene rings is 2. The number of amides is 3. The summed E-state index contributed by atoms with van der Waals surface area (Å²) in [5, 5.41) is 8.38. The normalized spacial score (nSPS) is 16.8. The Morgan fingerprint density at radius 2 is 1.83 bits per heavy atom. The van der Waals surface area contributed by atoms with E-state index < -0.39 is 0 Å². The Bertz CT molecular complexity index is 795. The minimum Gasteiger partial charge on any atom is -0.374 e. The molecule has 154 valence electrons. The van der Waals surface area contributed by atoms with Gasteiger partial charge >= 0.3 is 6.03 Å². The van der Waals surface area contributed by atoms with Gasteiger partial charge in [-0.2, -0.15) is 0 Å². The zero-order valence-electron chi connectivity index (χ0n) is 16.7. The molecule has 29 heavy (non-hydrogen) atoms. The van der Waals surface area contributed by atoms with Crippen LogP contribution in [0.5, 0.6) is 0 Å². The maximum Gasteiger partial charge on any atom is 0.319 e. The van der Waals surface area contributed by atoms with Crippen LogP contribution in [0, 0.1) is 0 Å². The number of nitrogens with one attached hydrogen (secondary N) is 3. The van der Waals surface area contributed by atoms with Crippen molar-refractivity contribution in [3.63, 3.8) is 0 Å². The summed E-state index contributed by atoms with van der Waals surface area (Å²) in [4.78, 5) is 26.3. The van der Waals surface area contributed by atoms with Crippen molar-refractivity contribution in [2.24, 2.45) is 0 Å². The van der Waals surface area contributed by atoms with Crippen molar-refractivity contribution in [2.75, 3.05) is 38.1 Å². The Morgan fingerprint density at radius 3 is 2.55 bits per heavy atom. The first kappa shape index (κ1) is 20.8. The lowest BCUT2D eigenvalue weighted by Crippen LogP contribution is -2.47. The Balaban J connectivity index is 1.42. The smallest absolute Gasteiger partial charge is 0.319 e. The van der Waals surface area contributed by atoms with Crippen LogP contribution in [0.3, 0.4) is 0 Å². The lowest BCUT2D eigenvalue weighted by molar-refractivity contribution is -0.0285. The number of ether oxygens (including phenoxy) is 1. The molecule has 0 spiro atoms. The fourth-order valence-corrected chi connectivity index (χ4v) is 3.24. The fourth-order valence-electron chi connectivity index (χ4n) is 3.24. The van der Waals surface area contributed by atoms with Gasteiger partial charge in [-0.15, -0.1) is 0 Å². The molecule has 1 aliphatic rings. The molecule has 0 bridgehead atoms. The van der Waals surface area contributed by atoms with Crippen molar-refractivity contribution >= 4 is 17.6 Å². The summed E-state index contributed by atoms with van der Waals surface area (Å²) in [5.74, 6) is -0.127. The van der Waals surface area contributed by atoms with Crippen LogP contribution in [-0.4, -0.2) is 55.7 Å². The maximum atomic E-state index is 12.2. The van der Waals surface area contributed by atoms with Gasteiger partial charge < -0.3 is 20.7 Å². The van der Waals surface area contributed by atoms with E-state index in [1.807, 2.05) is 25.1 Å². The first-order valence-electron chi connectivity index (χ1n) is 9.95. The monoisotopic (exact) mass is 396 g/mol. The predicted molar refractivity (Wildman–Crippen MR) is 113 cm³/mol. The summed E-state index contributed by atoms with van der Waals surface area (Å²) >= 11 is 0. The highest BCUT2D eigenvalue weighted by Gasteiger charge is 2.21. The van der Waals surface area contributed by atoms with Gasteiger partial charge in [0, 0.05) is 44.0 Å². The summed E-state index contributed by atoms with van der Waals surface area (Å²) in [6.07, 6.45) is -0.0432. The number of carbonyl (C=O) groups is 2. The zero-order chi connectivity index (χ0) is 20.5. The first-order chi connectivity index (χ1) is 14.1. The Morgan fingerprint density at radius 1 is 1.07 bits per heavy atom. The van der Waals surface area contributed by atoms with Crippen LogP contribution in [0.4, 0.5) is 10.5 Å². The molecule has 2 aromatic rings. The van der Waals surface area contributed by atoms with Crippen LogP contribution in [0.2, 0.25) is 0 Å². The molecule has 1 unspecified atom stereocenters. The molecule has 1 atom stereocenters. The van der Waals surface area contributed by atoms with Crippen molar-refractivity contribution in [3.05, 3.63) is 65.7 Å². The Hall–Kier alpha value is -2.90. The van der Waals surface area contributed by atoms with E-state index >= 15 is 0 Å². The molecule has 0 saturated carbocycles. The number of nitrogens with zero attached hydrogens (tertiary/aromatic N) is 1. The lowest BCUT2D eigenvalue weighted by Gasteiger charge is -2.33. The van der Waals surface area contributed by atoms with E-state index in [1.165, 1.54) is 5.56 Å². The lowest BCUT2D eigenvalue weighted by atomic mass is 10.2. The van der Waals surface area contributed by atoms with Crippen molar-refractivity contribution < 1.29 is 14.3 Å². The van der Waals surface area contributed by atoms with E-state index in [-0.39, 0.29) is 18.0 Å². The Labute approximate surface area is 171 Å². The van der Waals surface area contributed by atoms with E-state index in [0.29, 0.717) is 30.9 Å². The van der Waals surface area contributed by atoms with Gasteiger partial charge in [0.15, 0.2) is 0 Å². The van der Waals surface area contributed by atoms with Crippen LogP contribution in [-0.2, 0) is 11.3 Å². The van der Waals surface area contributed by atoms with E-state index in [4.69, 9.17) is 4.74 Å². The van der Waals surface area contributed by atoms with E-state index in [2.05, 4.69) is 33.0 Å². The molecule has 7 heteroatoms. The predicted octanol–water partition coefficient (Wildman–Crippen LogP) is 2.46. The summed E-state index contributed by atoms with van der Waals surface area (Å²) in [6, 6.07) is 16.8. The number of morpholine rings is 1. The molecule has 3 N–H and O–H groups in total. The number of anilines is 1. The van der Waals surface area contributed by atoms with Crippen molar-refractivity contribution in [2.45, 2.75) is 19.6 Å². The van der Waals surface area contributed by atoms with Crippen molar-refractivity contribution in [1.29, 1.82) is 0 Å². The molecule has 0 radical (unpaired) electrons. The van der Waals surface area contributed by atoms with Gasteiger partial charge in [-0.1, -0.05) is 30.3 Å². The average molecular weight is 396 g/mol. The number of hydrogen-bond acceptors (Lipinski definition) is 4. The molecule has 3 amide bonds.